The first kappa shape index (κ1) is 10.5. The summed E-state index contributed by atoms with van der Waals surface area (Å²) in [5.74, 6) is 0.174. The minimum Gasteiger partial charge on any atom is -0.289 e. The molecular formula is C10H19NO2. The van der Waals surface area contributed by atoms with Gasteiger partial charge < -0.3 is 0 Å². The van der Waals surface area contributed by atoms with Crippen LogP contribution in [0.2, 0.25) is 0 Å². The van der Waals surface area contributed by atoms with E-state index in [1.165, 1.54) is 19.3 Å². The Bertz CT molecular complexity index is 183. The van der Waals surface area contributed by atoms with Crippen molar-refractivity contribution in [2.24, 2.45) is 11.3 Å². The molecule has 0 heterocycles. The van der Waals surface area contributed by atoms with Crippen LogP contribution in [0.4, 0.5) is 0 Å². The van der Waals surface area contributed by atoms with Crippen molar-refractivity contribution < 1.29 is 10.0 Å². The van der Waals surface area contributed by atoms with Gasteiger partial charge in [-0.15, -0.1) is 0 Å². The molecule has 0 aromatic rings. The molecule has 0 spiro atoms. The highest BCUT2D eigenvalue weighted by atomic mass is 16.5. The fourth-order valence-electron chi connectivity index (χ4n) is 2.15. The van der Waals surface area contributed by atoms with Crippen LogP contribution >= 0.6 is 0 Å². The van der Waals surface area contributed by atoms with Crippen LogP contribution in [0, 0.1) is 11.3 Å². The van der Waals surface area contributed by atoms with Gasteiger partial charge in [0, 0.05) is 5.41 Å². The van der Waals surface area contributed by atoms with Gasteiger partial charge >= 0.3 is 0 Å². The minimum absolute atomic E-state index is 0.251. The predicted octanol–water partition coefficient (Wildman–Crippen LogP) is 2.10. The topological polar surface area (TPSA) is 49.3 Å². The lowest BCUT2D eigenvalue weighted by Gasteiger charge is -2.34. The van der Waals surface area contributed by atoms with E-state index in [1.54, 1.807) is 5.48 Å². The molecule has 1 aliphatic carbocycles. The summed E-state index contributed by atoms with van der Waals surface area (Å²) in [5, 5.41) is 8.60. The summed E-state index contributed by atoms with van der Waals surface area (Å²) in [5.41, 5.74) is 1.34. The molecular weight excluding hydrogens is 166 g/mol. The summed E-state index contributed by atoms with van der Waals surface area (Å²) < 4.78 is 0. The predicted molar refractivity (Wildman–Crippen MR) is 50.3 cm³/mol. The summed E-state index contributed by atoms with van der Waals surface area (Å²) >= 11 is 0. The summed E-state index contributed by atoms with van der Waals surface area (Å²) in [4.78, 5) is 11.4. The molecule has 0 atom stereocenters. The number of hydroxylamine groups is 1. The number of carbonyl (C=O) groups excluding carboxylic acids is 1. The maximum atomic E-state index is 11.4. The zero-order valence-electron chi connectivity index (χ0n) is 8.47. The Balaban J connectivity index is 2.60. The van der Waals surface area contributed by atoms with Gasteiger partial charge in [0.15, 0.2) is 0 Å². The largest absolute Gasteiger partial charge is 0.289 e. The van der Waals surface area contributed by atoms with Crippen molar-refractivity contribution in [1.29, 1.82) is 0 Å². The molecule has 2 N–H and O–H groups in total. The molecule has 13 heavy (non-hydrogen) atoms. The number of amides is 1. The highest BCUT2D eigenvalue weighted by molar-refractivity contribution is 5.80. The Morgan fingerprint density at radius 3 is 2.31 bits per heavy atom. The molecule has 3 heteroatoms. The first-order valence-corrected chi connectivity index (χ1v) is 5.03. The van der Waals surface area contributed by atoms with E-state index in [0.29, 0.717) is 5.92 Å². The number of hydrogen-bond acceptors (Lipinski definition) is 2. The molecule has 0 aromatic carbocycles. The molecule has 1 amide bonds. The highest BCUT2D eigenvalue weighted by Gasteiger charge is 2.36. The second kappa shape index (κ2) is 4.09. The van der Waals surface area contributed by atoms with Crippen LogP contribution in [0.5, 0.6) is 0 Å². The molecule has 0 radical (unpaired) electrons. The van der Waals surface area contributed by atoms with E-state index in [-0.39, 0.29) is 5.91 Å². The van der Waals surface area contributed by atoms with E-state index in [1.807, 2.05) is 13.8 Å². The van der Waals surface area contributed by atoms with Crippen LogP contribution in [0.1, 0.15) is 46.0 Å². The lowest BCUT2D eigenvalue weighted by molar-refractivity contribution is -0.141. The van der Waals surface area contributed by atoms with Gasteiger partial charge in [-0.25, -0.2) is 5.48 Å². The average molecular weight is 185 g/mol. The smallest absolute Gasteiger partial charge is 0.249 e. The lowest BCUT2D eigenvalue weighted by Crippen LogP contribution is -2.41. The average Bonchev–Trinajstić information content (AvgIpc) is 2.18. The van der Waals surface area contributed by atoms with Crippen LogP contribution in [-0.2, 0) is 4.79 Å². The summed E-state index contributed by atoms with van der Waals surface area (Å²) in [7, 11) is 0. The molecule has 0 aromatic heterocycles. The first-order chi connectivity index (χ1) is 6.09. The van der Waals surface area contributed by atoms with Crippen molar-refractivity contribution >= 4 is 5.91 Å². The van der Waals surface area contributed by atoms with Crippen molar-refractivity contribution in [3.05, 3.63) is 0 Å². The van der Waals surface area contributed by atoms with Crippen molar-refractivity contribution in [3.63, 3.8) is 0 Å². The van der Waals surface area contributed by atoms with Crippen molar-refractivity contribution in [1.82, 2.24) is 5.48 Å². The van der Waals surface area contributed by atoms with Crippen LogP contribution in [0.15, 0.2) is 0 Å². The third-order valence-electron chi connectivity index (χ3n) is 3.31. The van der Waals surface area contributed by atoms with E-state index in [9.17, 15) is 4.79 Å². The zero-order chi connectivity index (χ0) is 9.90. The molecule has 0 unspecified atom stereocenters. The van der Waals surface area contributed by atoms with E-state index in [2.05, 4.69) is 0 Å². The molecule has 1 saturated carbocycles. The Morgan fingerprint density at radius 1 is 1.31 bits per heavy atom. The molecule has 3 nitrogen and oxygen atoms in total. The fourth-order valence-corrected chi connectivity index (χ4v) is 2.15. The Morgan fingerprint density at radius 2 is 1.85 bits per heavy atom. The van der Waals surface area contributed by atoms with E-state index < -0.39 is 5.41 Å². The van der Waals surface area contributed by atoms with Crippen LogP contribution in [0.3, 0.4) is 0 Å². The second-order valence-corrected chi connectivity index (χ2v) is 4.50. The van der Waals surface area contributed by atoms with Crippen LogP contribution in [0.25, 0.3) is 0 Å². The molecule has 1 aliphatic rings. The van der Waals surface area contributed by atoms with Gasteiger partial charge in [0.2, 0.25) is 5.91 Å². The minimum atomic E-state index is -0.421. The van der Waals surface area contributed by atoms with Crippen molar-refractivity contribution in [2.45, 2.75) is 46.0 Å². The normalized spacial score (nSPS) is 19.9. The van der Waals surface area contributed by atoms with Crippen molar-refractivity contribution in [3.8, 4) is 0 Å². The van der Waals surface area contributed by atoms with Gasteiger partial charge in [-0.2, -0.15) is 0 Å². The summed E-state index contributed by atoms with van der Waals surface area (Å²) in [6, 6.07) is 0. The third kappa shape index (κ3) is 2.21. The van der Waals surface area contributed by atoms with Gasteiger partial charge in [-0.05, 0) is 18.8 Å². The van der Waals surface area contributed by atoms with Gasteiger partial charge in [-0.3, -0.25) is 10.0 Å². The third-order valence-corrected chi connectivity index (χ3v) is 3.31. The number of nitrogens with one attached hydrogen (secondary N) is 1. The maximum absolute atomic E-state index is 11.4. The van der Waals surface area contributed by atoms with Crippen LogP contribution < -0.4 is 5.48 Å². The molecule has 0 aliphatic heterocycles. The Hall–Kier alpha value is -0.570. The van der Waals surface area contributed by atoms with E-state index in [4.69, 9.17) is 5.21 Å². The van der Waals surface area contributed by atoms with Crippen LogP contribution in [-0.4, -0.2) is 11.1 Å². The fraction of sp³-hybridized carbons (Fsp3) is 0.900. The standard InChI is InChI=1S/C10H19NO2/c1-10(2,9(12)11-13)8-6-4-3-5-7-8/h8,13H,3-7H2,1-2H3,(H,11,12). The number of hydrogen-bond donors (Lipinski definition) is 2. The summed E-state index contributed by atoms with van der Waals surface area (Å²) in [6.07, 6.45) is 5.94. The van der Waals surface area contributed by atoms with E-state index >= 15 is 0 Å². The number of carbonyl (C=O) groups is 1. The maximum Gasteiger partial charge on any atom is 0.249 e. The lowest BCUT2D eigenvalue weighted by atomic mass is 9.71. The van der Waals surface area contributed by atoms with Crippen molar-refractivity contribution in [2.75, 3.05) is 0 Å². The molecule has 76 valence electrons. The summed E-state index contributed by atoms with van der Waals surface area (Å²) in [6.45, 7) is 3.82. The Labute approximate surface area is 79.5 Å². The monoisotopic (exact) mass is 185 g/mol. The quantitative estimate of drug-likeness (QED) is 0.511. The van der Waals surface area contributed by atoms with Gasteiger partial charge in [0.25, 0.3) is 0 Å². The van der Waals surface area contributed by atoms with Gasteiger partial charge in [-0.1, -0.05) is 33.1 Å². The number of rotatable bonds is 2. The molecule has 0 bridgehead atoms. The molecule has 1 fully saturated rings. The SMILES string of the molecule is CC(C)(C(=O)NO)C1CCCCC1. The zero-order valence-corrected chi connectivity index (χ0v) is 8.47. The van der Waals surface area contributed by atoms with Gasteiger partial charge in [0.05, 0.1) is 0 Å². The van der Waals surface area contributed by atoms with Gasteiger partial charge in [0.1, 0.15) is 0 Å². The first-order valence-electron chi connectivity index (χ1n) is 5.03. The Kier molecular flexibility index (Phi) is 3.31. The highest BCUT2D eigenvalue weighted by Crippen LogP contribution is 2.38. The molecule has 0 saturated heterocycles. The van der Waals surface area contributed by atoms with E-state index in [0.717, 1.165) is 12.8 Å². The molecule has 1 rings (SSSR count). The second-order valence-electron chi connectivity index (χ2n) is 4.50.